The molecule has 0 saturated carbocycles. The Morgan fingerprint density at radius 2 is 2.24 bits per heavy atom. The van der Waals surface area contributed by atoms with Gasteiger partial charge in [0.05, 0.1) is 0 Å². The zero-order valence-electron chi connectivity index (χ0n) is 11.6. The normalized spacial score (nSPS) is 18.5. The molecule has 3 amide bonds. The van der Waals surface area contributed by atoms with E-state index in [4.69, 9.17) is 5.26 Å². The van der Waals surface area contributed by atoms with E-state index in [-0.39, 0.29) is 57.0 Å². The molecule has 1 heterocycles. The Kier molecular flexibility index (Phi) is 15.6. The average Bonchev–Trinajstić information content (AvgIpc) is 2.65. The Hall–Kier alpha value is 0.294. The van der Waals surface area contributed by atoms with Crippen LogP contribution in [0.5, 0.6) is 0 Å². The molecule has 0 spiro atoms. The van der Waals surface area contributed by atoms with E-state index in [0.717, 1.165) is 23.4 Å². The molecular formula is C10H16N2O6S2Y-2. The minimum Gasteiger partial charge on any atom is -0.779 e. The van der Waals surface area contributed by atoms with E-state index in [0.29, 0.717) is 5.75 Å². The largest absolute Gasteiger partial charge is 0.779 e. The van der Waals surface area contributed by atoms with E-state index < -0.39 is 5.25 Å². The Labute approximate surface area is 158 Å². The molecule has 1 rings (SSSR count). The van der Waals surface area contributed by atoms with Gasteiger partial charge in [0.2, 0.25) is 11.8 Å². The topological polar surface area (TPSA) is 105 Å². The summed E-state index contributed by atoms with van der Waals surface area (Å²) in [6, 6.07) is -0.00681. The second-order valence-corrected chi connectivity index (χ2v) is 5.04. The first-order valence-electron chi connectivity index (χ1n) is 5.66. The zero-order chi connectivity index (χ0) is 15.5. The van der Waals surface area contributed by atoms with Gasteiger partial charge in [-0.05, 0) is 6.42 Å². The van der Waals surface area contributed by atoms with E-state index >= 15 is 0 Å². The van der Waals surface area contributed by atoms with Gasteiger partial charge < -0.3 is 22.7 Å². The van der Waals surface area contributed by atoms with Crippen LogP contribution in [-0.2, 0) is 69.1 Å². The van der Waals surface area contributed by atoms with E-state index in [1.807, 2.05) is 6.92 Å². The first-order valence-corrected chi connectivity index (χ1v) is 7.04. The van der Waals surface area contributed by atoms with E-state index in [2.05, 4.69) is 27.3 Å². The van der Waals surface area contributed by atoms with Crippen molar-refractivity contribution in [2.75, 3.05) is 12.8 Å². The van der Waals surface area contributed by atoms with Crippen LogP contribution >= 0.6 is 12.0 Å². The molecule has 8 nitrogen and oxygen atoms in total. The van der Waals surface area contributed by atoms with Gasteiger partial charge in [-0.25, -0.2) is 5.26 Å². The van der Waals surface area contributed by atoms with Crippen molar-refractivity contribution < 1.29 is 61.7 Å². The zero-order valence-corrected chi connectivity index (χ0v) is 16.1. The van der Waals surface area contributed by atoms with Crippen LogP contribution in [0, 0.1) is 0 Å². The molecule has 2 N–H and O–H groups in total. The van der Waals surface area contributed by atoms with Crippen LogP contribution in [0.1, 0.15) is 19.8 Å². The minimum atomic E-state index is -0.512. The van der Waals surface area contributed by atoms with Crippen molar-refractivity contribution in [1.29, 1.82) is 0 Å². The maximum absolute atomic E-state index is 10.7. The maximum Gasteiger partial charge on any atom is 0.227 e. The summed E-state index contributed by atoms with van der Waals surface area (Å²) in [6.07, 6.45) is 2.55. The molecule has 119 valence electrons. The van der Waals surface area contributed by atoms with Gasteiger partial charge in [-0.15, -0.1) is 4.33 Å². The van der Waals surface area contributed by atoms with Crippen molar-refractivity contribution >= 4 is 42.9 Å². The summed E-state index contributed by atoms with van der Waals surface area (Å²) >= 11 is 5.58. The second kappa shape index (κ2) is 13.9. The van der Waals surface area contributed by atoms with Gasteiger partial charge >= 0.3 is 0 Å². The molecule has 1 radical (unpaired) electrons. The molecule has 0 aromatic rings. The molecule has 1 aliphatic rings. The van der Waals surface area contributed by atoms with Gasteiger partial charge in [-0.2, -0.15) is 6.41 Å². The summed E-state index contributed by atoms with van der Waals surface area (Å²) in [5, 5.41) is 13.0. The third-order valence-corrected chi connectivity index (χ3v) is 3.51. The van der Waals surface area contributed by atoms with E-state index in [1.54, 1.807) is 6.41 Å². The smallest absolute Gasteiger partial charge is 0.227 e. The Bertz CT molecular complexity index is 337. The van der Waals surface area contributed by atoms with Gasteiger partial charge in [0.15, 0.2) is 0 Å². The fraction of sp³-hybridized carbons (Fsp3) is 0.700. The van der Waals surface area contributed by atoms with Crippen molar-refractivity contribution in [2.24, 2.45) is 0 Å². The summed E-state index contributed by atoms with van der Waals surface area (Å²) in [5.74, 6) is 0.0988. The Morgan fingerprint density at radius 3 is 2.52 bits per heavy atom. The summed E-state index contributed by atoms with van der Waals surface area (Å²) in [7, 11) is 1.46. The number of rotatable bonds is 7. The van der Waals surface area contributed by atoms with Crippen molar-refractivity contribution in [3.63, 3.8) is 0 Å². The molecule has 0 aliphatic carbocycles. The summed E-state index contributed by atoms with van der Waals surface area (Å²) in [5.41, 5.74) is 0. The van der Waals surface area contributed by atoms with E-state index in [1.165, 1.54) is 7.05 Å². The predicted octanol–water partition coefficient (Wildman–Crippen LogP) is -0.221. The molecule has 1 saturated heterocycles. The number of hydrogen-bond donors (Lipinski definition) is 2. The molecule has 2 unspecified atom stereocenters. The average molecular weight is 413 g/mol. The van der Waals surface area contributed by atoms with Crippen LogP contribution < -0.4 is 5.32 Å². The van der Waals surface area contributed by atoms with E-state index in [9.17, 15) is 14.4 Å². The number of carbonyl (C=O) groups is 2. The minimum absolute atomic E-state index is 0. The fourth-order valence-corrected chi connectivity index (χ4v) is 2.08. The predicted molar refractivity (Wildman–Crippen MR) is 73.7 cm³/mol. The summed E-state index contributed by atoms with van der Waals surface area (Å²) in [4.78, 5) is 32.3. The molecule has 0 bridgehead atoms. The molecule has 21 heavy (non-hydrogen) atoms. The van der Waals surface area contributed by atoms with Crippen LogP contribution in [0.2, 0.25) is 0 Å². The van der Waals surface area contributed by atoms with Gasteiger partial charge in [-0.1, -0.05) is 17.2 Å². The SMILES string of the molecule is CCC(CSOOO)N[C-]=O.CN1C(=O)CC([S-])C1=O.[Y]. The summed E-state index contributed by atoms with van der Waals surface area (Å²) in [6.45, 7) is 1.91. The van der Waals surface area contributed by atoms with Crippen LogP contribution in [0.15, 0.2) is 0 Å². The quantitative estimate of drug-likeness (QED) is 0.0863. The Morgan fingerprint density at radius 1 is 1.62 bits per heavy atom. The second-order valence-electron chi connectivity index (χ2n) is 3.76. The van der Waals surface area contributed by atoms with Crippen LogP contribution in [0.25, 0.3) is 0 Å². The van der Waals surface area contributed by atoms with Crippen LogP contribution in [-0.4, -0.2) is 52.5 Å². The molecule has 0 aromatic carbocycles. The van der Waals surface area contributed by atoms with Crippen molar-refractivity contribution in [1.82, 2.24) is 10.2 Å². The van der Waals surface area contributed by atoms with Crippen LogP contribution in [0.4, 0.5) is 0 Å². The monoisotopic (exact) mass is 413 g/mol. The van der Waals surface area contributed by atoms with Gasteiger partial charge in [0, 0.05) is 70.0 Å². The number of nitrogens with zero attached hydrogens (tertiary/aromatic N) is 1. The standard InChI is InChI=1S/C5H10NO4S.C5H7NO2S.Y/c1-2-5(6-4-7)3-11-10-9-8;1-6-4(7)2-3(9)5(6)8;/h5,8H,2-3H2,1H3,(H,6,7);3,9H,2H2,1H3;/q-1;;/p-1. The number of likely N-dealkylation sites (tertiary alicyclic amines) is 1. The number of carbonyl (C=O) groups excluding carboxylic acids is 3. The third kappa shape index (κ3) is 9.82. The van der Waals surface area contributed by atoms with Crippen molar-refractivity contribution in [3.8, 4) is 0 Å². The molecule has 1 fully saturated rings. The molecule has 2 atom stereocenters. The third-order valence-electron chi connectivity index (χ3n) is 2.44. The van der Waals surface area contributed by atoms with Gasteiger partial charge in [0.25, 0.3) is 0 Å². The van der Waals surface area contributed by atoms with Gasteiger partial charge in [0.1, 0.15) is 0 Å². The maximum atomic E-state index is 10.7. The number of amides is 3. The van der Waals surface area contributed by atoms with Gasteiger partial charge in [-0.3, -0.25) is 14.5 Å². The summed E-state index contributed by atoms with van der Waals surface area (Å²) < 4.78 is 4.11. The number of imide groups is 1. The first-order chi connectivity index (χ1) is 9.47. The van der Waals surface area contributed by atoms with Crippen LogP contribution in [0.3, 0.4) is 0 Å². The number of nitrogens with one attached hydrogen (secondary N) is 1. The molecular weight excluding hydrogens is 397 g/mol. The molecule has 0 aromatic heterocycles. The Balaban J connectivity index is 0. The van der Waals surface area contributed by atoms with Crippen molar-refractivity contribution in [2.45, 2.75) is 31.1 Å². The first kappa shape index (κ1) is 23.6. The molecule has 1 aliphatic heterocycles. The number of hydrogen-bond acceptors (Lipinski definition) is 8. The fourth-order valence-electron chi connectivity index (χ4n) is 1.20. The van der Waals surface area contributed by atoms with Crippen molar-refractivity contribution in [3.05, 3.63) is 0 Å². The molecule has 11 heteroatoms.